The number of carbonyl (C=O) groups is 12. The van der Waals surface area contributed by atoms with Gasteiger partial charge in [0.25, 0.3) is 0 Å². The average molecular weight is 1490 g/mol. The maximum atomic E-state index is 13.0. The van der Waals surface area contributed by atoms with Crippen LogP contribution in [0.3, 0.4) is 0 Å². The van der Waals surface area contributed by atoms with Gasteiger partial charge in [0, 0.05) is 152 Å². The second-order valence-corrected chi connectivity index (χ2v) is 20.8. The molecule has 7 N–H and O–H groups in total. The Morgan fingerprint density at radius 2 is 0.716 bits per heavy atom. The molecule has 0 aliphatic carbocycles. The van der Waals surface area contributed by atoms with Crippen molar-refractivity contribution in [2.24, 2.45) is 0 Å². The number of nitrogens with zero attached hydrogens (tertiary/aromatic N) is 1. The molecular formula is C59H104N8O12W2-2. The summed E-state index contributed by atoms with van der Waals surface area (Å²) in [5.74, 6) is -1.29. The molecule has 1 unspecified atom stereocenters. The van der Waals surface area contributed by atoms with Crippen LogP contribution in [0.1, 0.15) is 252 Å². The van der Waals surface area contributed by atoms with Crippen molar-refractivity contribution < 1.29 is 99.7 Å². The number of hydrogen-bond acceptors (Lipinski definition) is 13. The number of nitrogens with one attached hydrogen (secondary N) is 7. The zero-order valence-electron chi connectivity index (χ0n) is 49.9. The van der Waals surface area contributed by atoms with Crippen molar-refractivity contribution in [3.63, 3.8) is 0 Å². The van der Waals surface area contributed by atoms with Gasteiger partial charge in [-0.1, -0.05) is 71.1 Å². The maximum Gasteiger partial charge on any atom is 0.234 e. The van der Waals surface area contributed by atoms with Gasteiger partial charge in [-0.3, -0.25) is 52.8 Å². The van der Waals surface area contributed by atoms with E-state index in [-0.39, 0.29) is 134 Å². The van der Waals surface area contributed by atoms with Crippen LogP contribution >= 0.6 is 0 Å². The van der Waals surface area contributed by atoms with Gasteiger partial charge in [-0.15, -0.1) is 0 Å². The summed E-state index contributed by atoms with van der Waals surface area (Å²) < 4.78 is 0. The molecule has 0 saturated heterocycles. The first kappa shape index (κ1) is 83.4. The van der Waals surface area contributed by atoms with Gasteiger partial charge >= 0.3 is 0 Å². The van der Waals surface area contributed by atoms with Gasteiger partial charge in [0.15, 0.2) is 5.78 Å². The van der Waals surface area contributed by atoms with Crippen LogP contribution in [-0.2, 0) is 99.7 Å². The number of carbonyl (C=O) groups excluding carboxylic acids is 12. The normalized spacial score (nSPS) is 10.9. The summed E-state index contributed by atoms with van der Waals surface area (Å²) in [5, 5.41) is 13.9. The number of hydrogen-bond donors (Lipinski definition) is 5. The second kappa shape index (κ2) is 59.1. The zero-order valence-corrected chi connectivity index (χ0v) is 55.8. The molecule has 20 nitrogen and oxygen atoms in total. The summed E-state index contributed by atoms with van der Waals surface area (Å²) in [6.45, 7) is 6.36. The third-order valence-corrected chi connectivity index (χ3v) is 13.2. The van der Waals surface area contributed by atoms with E-state index in [2.05, 4.69) is 26.6 Å². The first-order chi connectivity index (χ1) is 37.8. The molecule has 81 heavy (non-hydrogen) atoms. The zero-order chi connectivity index (χ0) is 59.3. The van der Waals surface area contributed by atoms with Crippen molar-refractivity contribution >= 4 is 70.3 Å². The minimum atomic E-state index is -0.605. The number of Topliss-reactive ketones (excluding diaryl/α,β-unsaturated/α-hetero) is 5. The van der Waals surface area contributed by atoms with Crippen LogP contribution in [0.2, 0.25) is 0 Å². The molecule has 0 aromatic carbocycles. The monoisotopic (exact) mass is 1480 g/mol. The van der Waals surface area contributed by atoms with Gasteiger partial charge in [0.1, 0.15) is 23.1 Å². The number of amides is 7. The molecule has 0 aliphatic heterocycles. The molecule has 0 aliphatic rings. The van der Waals surface area contributed by atoms with E-state index in [4.69, 9.17) is 11.5 Å². The average Bonchev–Trinajstić information content (AvgIpc) is 3.39. The Bertz CT molecular complexity index is 1720. The third kappa shape index (κ3) is 61.9. The van der Waals surface area contributed by atoms with Crippen molar-refractivity contribution in [1.82, 2.24) is 31.5 Å². The van der Waals surface area contributed by atoms with E-state index >= 15 is 0 Å². The Hall–Kier alpha value is -4.02. The van der Waals surface area contributed by atoms with E-state index in [9.17, 15) is 57.5 Å². The molecule has 0 aromatic rings. The second-order valence-electron chi connectivity index (χ2n) is 20.8. The van der Waals surface area contributed by atoms with E-state index < -0.39 is 17.9 Å². The molecule has 466 valence electrons. The molecule has 22 heteroatoms. The van der Waals surface area contributed by atoms with Crippen LogP contribution in [-0.4, -0.2) is 128 Å². The molecule has 0 fully saturated rings. The third-order valence-electron chi connectivity index (χ3n) is 13.2. The Morgan fingerprint density at radius 3 is 1.12 bits per heavy atom. The molecule has 0 bridgehead atoms. The van der Waals surface area contributed by atoms with E-state index in [1.54, 1.807) is 11.9 Å². The van der Waals surface area contributed by atoms with E-state index in [1.807, 2.05) is 6.92 Å². The van der Waals surface area contributed by atoms with Crippen molar-refractivity contribution in [3.8, 4) is 0 Å². The fraction of sp³-hybridized carbons (Fsp3) is 0.797. The van der Waals surface area contributed by atoms with E-state index in [0.29, 0.717) is 128 Å². The van der Waals surface area contributed by atoms with Gasteiger partial charge in [0.05, 0.1) is 25.7 Å². The van der Waals surface area contributed by atoms with Gasteiger partial charge < -0.3 is 47.6 Å². The topological polar surface area (TPSA) is 316 Å². The van der Waals surface area contributed by atoms with Crippen molar-refractivity contribution in [2.75, 3.05) is 46.3 Å². The number of ketones is 5. The van der Waals surface area contributed by atoms with Crippen molar-refractivity contribution in [3.05, 3.63) is 11.5 Å². The molecule has 0 rings (SSSR count). The molecule has 1 atom stereocenters. The van der Waals surface area contributed by atoms with Gasteiger partial charge in [0.2, 0.25) is 29.5 Å². The minimum absolute atomic E-state index is 0. The quantitative estimate of drug-likeness (QED) is 0.0356. The van der Waals surface area contributed by atoms with Crippen LogP contribution in [0, 0.1) is 0 Å². The van der Waals surface area contributed by atoms with Crippen molar-refractivity contribution in [1.29, 1.82) is 0 Å². The first-order valence-electron chi connectivity index (χ1n) is 29.9. The summed E-state index contributed by atoms with van der Waals surface area (Å²) in [6, 6.07) is -0.605. The number of unbranched alkanes of at least 4 members (excludes halogenated alkanes) is 17. The van der Waals surface area contributed by atoms with Crippen LogP contribution in [0.5, 0.6) is 0 Å². The Labute approximate surface area is 514 Å². The molecule has 0 heterocycles. The van der Waals surface area contributed by atoms with Crippen LogP contribution in [0.4, 0.5) is 0 Å². The summed E-state index contributed by atoms with van der Waals surface area (Å²) in [7, 11) is 1.60. The Morgan fingerprint density at radius 1 is 0.370 bits per heavy atom. The van der Waals surface area contributed by atoms with Gasteiger partial charge in [-0.05, 0) is 109 Å². The summed E-state index contributed by atoms with van der Waals surface area (Å²) in [5.41, 5.74) is 13.8. The largest absolute Gasteiger partial charge is 0.668 e. The Balaban J connectivity index is -0.00000113. The van der Waals surface area contributed by atoms with Crippen LogP contribution in [0.25, 0.3) is 11.5 Å². The minimum Gasteiger partial charge on any atom is -0.668 e. The summed E-state index contributed by atoms with van der Waals surface area (Å²) in [4.78, 5) is 144. The molecule has 0 spiro atoms. The first-order valence-corrected chi connectivity index (χ1v) is 29.9. The van der Waals surface area contributed by atoms with Crippen molar-refractivity contribution in [2.45, 2.75) is 258 Å². The molecule has 0 aromatic heterocycles. The molecule has 0 saturated carbocycles. The number of rotatable bonds is 54. The predicted molar refractivity (Wildman–Crippen MR) is 308 cm³/mol. The fourth-order valence-electron chi connectivity index (χ4n) is 8.56. The van der Waals surface area contributed by atoms with Crippen LogP contribution in [0.15, 0.2) is 0 Å². The SMILES string of the molecule is CC(=O)NCCCCCC(=O)CCCCCCC([NH-])=O.CCC(=O)CCCCCNC(=O)CN(CC(=O)CCCCCCC(=O)NC)CC(=O)CCCCCCC(=O)NC(CCCCNC(C)=O)C(=O)CCCCCCC([NH-])=O.[W].[W]. The van der Waals surface area contributed by atoms with E-state index in [1.165, 1.54) is 13.8 Å². The summed E-state index contributed by atoms with van der Waals surface area (Å²) in [6.07, 6.45) is 23.6. The molecule has 0 radical (unpaired) electrons. The summed E-state index contributed by atoms with van der Waals surface area (Å²) >= 11 is 0. The molecular weight excluding hydrogens is 1380 g/mol. The molecule has 7 amide bonds. The van der Waals surface area contributed by atoms with Crippen LogP contribution < -0.4 is 26.6 Å². The van der Waals surface area contributed by atoms with Gasteiger partial charge in [-0.2, -0.15) is 0 Å². The maximum absolute atomic E-state index is 13.0. The van der Waals surface area contributed by atoms with E-state index in [0.717, 1.165) is 109 Å². The fourth-order valence-corrected chi connectivity index (χ4v) is 8.56. The predicted octanol–water partition coefficient (Wildman–Crippen LogP) is 8.96. The van der Waals surface area contributed by atoms with Gasteiger partial charge in [-0.25, -0.2) is 0 Å². The Kier molecular flexibility index (Phi) is 60.9. The smallest absolute Gasteiger partial charge is 0.234 e. The standard InChI is InChI=1S/C44H78N6O9.C15H28N2O3.2W/c1-4-36(52)22-14-11-20-31-48-44(59)34-50(32-37(53)23-12-5-9-17-28-42(57)46-3)33-38(54)24-13-6-10-18-29-43(58)49-39(25-19-21-30-47-35(2)51)40(55)26-15-7-8-16-27-41(45)56;1-13(18)17-12-8-4-6-10-14(19)9-5-2-3-7-11-15(16)20;;/h39H,4-34H2,1-3H3,(H6,45,46,47,48,49,51,56,57,58,59);2-12H2,1H3,(H3,16,17,18,20);;/p-2.